The number of hydrogen-bond donors (Lipinski definition) is 3. The average molecular weight is 270 g/mol. The van der Waals surface area contributed by atoms with E-state index < -0.39 is 49.9 Å². The molecule has 0 saturated carbocycles. The fourth-order valence-corrected chi connectivity index (χ4v) is 1.01. The van der Waals surface area contributed by atoms with Gasteiger partial charge < -0.3 is 15.3 Å². The van der Waals surface area contributed by atoms with E-state index in [1.807, 2.05) is 0 Å². The van der Waals surface area contributed by atoms with Gasteiger partial charge in [0, 0.05) is 6.42 Å². The van der Waals surface area contributed by atoms with Crippen molar-refractivity contribution in [3.8, 4) is 0 Å². The summed E-state index contributed by atoms with van der Waals surface area (Å²) in [4.78, 5) is 0. The van der Waals surface area contributed by atoms with Crippen molar-refractivity contribution >= 4 is 0 Å². The molecule has 9 heteroatoms. The van der Waals surface area contributed by atoms with Crippen molar-refractivity contribution in [3.63, 3.8) is 0 Å². The van der Waals surface area contributed by atoms with E-state index in [0.717, 1.165) is 0 Å². The summed E-state index contributed by atoms with van der Waals surface area (Å²) < 4.78 is 75.3. The predicted octanol–water partition coefficient (Wildman–Crippen LogP) is 0.667. The van der Waals surface area contributed by atoms with Crippen LogP contribution in [0, 0.1) is 0 Å². The monoisotopic (exact) mass is 270 g/mol. The lowest BCUT2D eigenvalue weighted by Crippen LogP contribution is -2.50. The van der Waals surface area contributed by atoms with Crippen molar-refractivity contribution in [1.82, 2.24) is 0 Å². The molecule has 0 spiro atoms. The molecule has 0 aromatic heterocycles. The quantitative estimate of drug-likeness (QED) is 0.470. The molecule has 0 saturated heterocycles. The minimum atomic E-state index is -4.21. The van der Waals surface area contributed by atoms with Crippen molar-refractivity contribution < 1.29 is 41.7 Å². The summed E-state index contributed by atoms with van der Waals surface area (Å²) in [5, 5.41) is 24.5. The summed E-state index contributed by atoms with van der Waals surface area (Å²) in [6.07, 6.45) is -17.4. The fraction of sp³-hybridized carbons (Fsp3) is 1.00. The van der Waals surface area contributed by atoms with Gasteiger partial charge in [0.05, 0.1) is 6.67 Å². The topological polar surface area (TPSA) is 60.7 Å². The van der Waals surface area contributed by atoms with Gasteiger partial charge >= 0.3 is 5.97 Å². The molecule has 104 valence electrons. The summed E-state index contributed by atoms with van der Waals surface area (Å²) >= 11 is 0. The molecular formula is C8H12F6O3. The normalized spacial score (nSPS) is 21.7. The van der Waals surface area contributed by atoms with Crippen LogP contribution < -0.4 is 0 Å². The number of alkyl halides is 6. The highest BCUT2D eigenvalue weighted by atomic mass is 19.2. The van der Waals surface area contributed by atoms with Crippen molar-refractivity contribution in [1.29, 1.82) is 0 Å². The Kier molecular flexibility index (Phi) is 6.20. The minimum Gasteiger partial charge on any atom is -0.341 e. The molecule has 0 fully saturated rings. The Balaban J connectivity index is 4.53. The summed E-state index contributed by atoms with van der Waals surface area (Å²) in [5.41, 5.74) is 0. The zero-order valence-corrected chi connectivity index (χ0v) is 8.41. The molecule has 0 aromatic rings. The Bertz CT molecular complexity index is 224. The largest absolute Gasteiger partial charge is 0.341 e. The van der Waals surface area contributed by atoms with Crippen molar-refractivity contribution in [2.24, 2.45) is 0 Å². The van der Waals surface area contributed by atoms with E-state index >= 15 is 0 Å². The van der Waals surface area contributed by atoms with E-state index in [1.165, 1.54) is 0 Å². The van der Waals surface area contributed by atoms with Gasteiger partial charge in [-0.3, -0.25) is 4.39 Å². The zero-order valence-electron chi connectivity index (χ0n) is 8.41. The molecule has 0 aliphatic heterocycles. The third-order valence-electron chi connectivity index (χ3n) is 1.99. The van der Waals surface area contributed by atoms with Gasteiger partial charge in [-0.25, -0.2) is 22.0 Å². The highest BCUT2D eigenvalue weighted by Gasteiger charge is 2.48. The second kappa shape index (κ2) is 6.41. The molecule has 5 atom stereocenters. The zero-order chi connectivity index (χ0) is 13.8. The molecule has 0 aromatic carbocycles. The van der Waals surface area contributed by atoms with Gasteiger partial charge in [0.15, 0.2) is 18.5 Å². The third-order valence-corrected chi connectivity index (χ3v) is 1.99. The van der Waals surface area contributed by atoms with Gasteiger partial charge in [0.2, 0.25) is 6.17 Å². The average Bonchev–Trinajstić information content (AvgIpc) is 2.24. The number of aliphatic hydroxyl groups is 3. The van der Waals surface area contributed by atoms with Crippen LogP contribution in [0.5, 0.6) is 0 Å². The molecule has 5 unspecified atom stereocenters. The standard InChI is InChI=1S/C8H12F6O3/c9-2-1-3(10)4(11)5(12)6(13)7(14)8(15,16)17/h3-7,15-17H,1-2H2. The van der Waals surface area contributed by atoms with E-state index in [0.29, 0.717) is 0 Å². The molecule has 0 radical (unpaired) electrons. The van der Waals surface area contributed by atoms with Crippen LogP contribution in [0.3, 0.4) is 0 Å². The third kappa shape index (κ3) is 4.68. The first-order chi connectivity index (χ1) is 7.62. The van der Waals surface area contributed by atoms with Gasteiger partial charge in [-0.2, -0.15) is 0 Å². The van der Waals surface area contributed by atoms with Crippen molar-refractivity contribution in [2.45, 2.75) is 43.3 Å². The van der Waals surface area contributed by atoms with Crippen LogP contribution in [-0.2, 0) is 0 Å². The Labute approximate surface area is 92.7 Å². The molecular weight excluding hydrogens is 258 g/mol. The lowest BCUT2D eigenvalue weighted by molar-refractivity contribution is -0.352. The lowest BCUT2D eigenvalue weighted by Gasteiger charge is -2.26. The maximum absolute atomic E-state index is 12.9. The Hall–Kier alpha value is -0.540. The van der Waals surface area contributed by atoms with Gasteiger partial charge in [-0.15, -0.1) is 0 Å². The Morgan fingerprint density at radius 1 is 0.824 bits per heavy atom. The molecule has 0 bridgehead atoms. The van der Waals surface area contributed by atoms with Crippen LogP contribution in [-0.4, -0.2) is 58.8 Å². The van der Waals surface area contributed by atoms with E-state index in [9.17, 15) is 26.3 Å². The summed E-state index contributed by atoms with van der Waals surface area (Å²) in [7, 11) is 0. The Morgan fingerprint density at radius 2 is 1.29 bits per heavy atom. The van der Waals surface area contributed by atoms with Crippen molar-refractivity contribution in [2.75, 3.05) is 6.67 Å². The minimum absolute atomic E-state index is 1.05. The Morgan fingerprint density at radius 3 is 1.65 bits per heavy atom. The lowest BCUT2D eigenvalue weighted by atomic mass is 10.0. The molecule has 17 heavy (non-hydrogen) atoms. The molecule has 3 nitrogen and oxygen atoms in total. The highest BCUT2D eigenvalue weighted by Crippen LogP contribution is 2.25. The highest BCUT2D eigenvalue weighted by molar-refractivity contribution is 4.88. The maximum Gasteiger partial charge on any atom is 0.311 e. The van der Waals surface area contributed by atoms with Gasteiger partial charge in [-0.1, -0.05) is 0 Å². The van der Waals surface area contributed by atoms with Crippen LogP contribution >= 0.6 is 0 Å². The maximum atomic E-state index is 12.9. The number of halogens is 6. The van der Waals surface area contributed by atoms with E-state index in [1.54, 1.807) is 0 Å². The van der Waals surface area contributed by atoms with Crippen LogP contribution in [0.2, 0.25) is 0 Å². The summed E-state index contributed by atoms with van der Waals surface area (Å²) in [6, 6.07) is 0. The fourth-order valence-electron chi connectivity index (χ4n) is 1.01. The number of hydrogen-bond acceptors (Lipinski definition) is 3. The van der Waals surface area contributed by atoms with Crippen LogP contribution in [0.4, 0.5) is 26.3 Å². The molecule has 0 amide bonds. The SMILES string of the molecule is OC(O)(O)C(F)C(F)C(F)C(F)C(F)CCF. The second-order valence-corrected chi connectivity index (χ2v) is 3.42. The first kappa shape index (κ1) is 16.5. The van der Waals surface area contributed by atoms with Crippen LogP contribution in [0.25, 0.3) is 0 Å². The van der Waals surface area contributed by atoms with Crippen LogP contribution in [0.1, 0.15) is 6.42 Å². The predicted molar refractivity (Wildman–Crippen MR) is 44.5 cm³/mol. The van der Waals surface area contributed by atoms with Gasteiger partial charge in [-0.05, 0) is 0 Å². The van der Waals surface area contributed by atoms with Crippen molar-refractivity contribution in [3.05, 3.63) is 0 Å². The molecule has 3 N–H and O–H groups in total. The van der Waals surface area contributed by atoms with E-state index in [4.69, 9.17) is 15.3 Å². The molecule has 0 aliphatic carbocycles. The molecule has 0 heterocycles. The van der Waals surface area contributed by atoms with Gasteiger partial charge in [0.25, 0.3) is 0 Å². The second-order valence-electron chi connectivity index (χ2n) is 3.42. The molecule has 0 aliphatic rings. The smallest absolute Gasteiger partial charge is 0.311 e. The first-order valence-electron chi connectivity index (χ1n) is 4.56. The van der Waals surface area contributed by atoms with Gasteiger partial charge in [0.1, 0.15) is 6.17 Å². The summed E-state index contributed by atoms with van der Waals surface area (Å²) in [6.45, 7) is -1.33. The molecule has 0 rings (SSSR count). The first-order valence-corrected chi connectivity index (χ1v) is 4.56. The van der Waals surface area contributed by atoms with E-state index in [2.05, 4.69) is 0 Å². The van der Waals surface area contributed by atoms with Crippen LogP contribution in [0.15, 0.2) is 0 Å². The number of rotatable bonds is 7. The van der Waals surface area contributed by atoms with E-state index in [-0.39, 0.29) is 0 Å². The summed E-state index contributed by atoms with van der Waals surface area (Å²) in [5.74, 6) is -4.21.